The van der Waals surface area contributed by atoms with Crippen LogP contribution in [0.15, 0.2) is 0 Å². The highest BCUT2D eigenvalue weighted by Crippen LogP contribution is 1.80. The van der Waals surface area contributed by atoms with Crippen LogP contribution in [0.3, 0.4) is 0 Å². The Morgan fingerprint density at radius 3 is 2.33 bits per heavy atom. The van der Waals surface area contributed by atoms with Crippen molar-refractivity contribution in [3.63, 3.8) is 0 Å². The number of nitrogens with zero attached hydrogens (tertiary/aromatic N) is 1. The molecule has 1 radical (unpaired) electrons. The third-order valence-electron chi connectivity index (χ3n) is 0.543. The maximum absolute atomic E-state index is 7.99. The molecular formula is C4H7N2. The second-order valence-corrected chi connectivity index (χ2v) is 0.987. The molecule has 0 aromatic rings. The van der Waals surface area contributed by atoms with Gasteiger partial charge in [-0.15, -0.1) is 0 Å². The van der Waals surface area contributed by atoms with Crippen LogP contribution in [0, 0.1) is 17.4 Å². The van der Waals surface area contributed by atoms with E-state index in [9.17, 15) is 0 Å². The van der Waals surface area contributed by atoms with Gasteiger partial charge in [0.2, 0.25) is 0 Å². The van der Waals surface area contributed by atoms with Crippen molar-refractivity contribution in [1.29, 1.82) is 5.26 Å². The van der Waals surface area contributed by atoms with Crippen LogP contribution in [-0.4, -0.2) is 7.05 Å². The molecule has 6 heavy (non-hydrogen) atoms. The molecule has 33 valence electrons. The average Bonchev–Trinajstić information content (AvgIpc) is 1.65. The molecule has 0 bridgehead atoms. The standard InChI is InChI=1S/C4H7N2/c1-4(3-5)6-2/h6H,1-2H3. The molecule has 2 heteroatoms. The lowest BCUT2D eigenvalue weighted by molar-refractivity contribution is 0.893. The first-order valence-corrected chi connectivity index (χ1v) is 1.72. The van der Waals surface area contributed by atoms with Gasteiger partial charge in [-0.25, -0.2) is 0 Å². The van der Waals surface area contributed by atoms with E-state index in [1.54, 1.807) is 14.0 Å². The van der Waals surface area contributed by atoms with Crippen molar-refractivity contribution in [2.45, 2.75) is 6.92 Å². The Kier molecular flexibility index (Phi) is 2.43. The van der Waals surface area contributed by atoms with Crippen molar-refractivity contribution in [3.05, 3.63) is 6.04 Å². The number of hydrogen-bond donors (Lipinski definition) is 1. The van der Waals surface area contributed by atoms with Gasteiger partial charge in [-0.05, 0) is 14.0 Å². The lowest BCUT2D eigenvalue weighted by atomic mass is 10.4. The molecule has 0 aliphatic heterocycles. The van der Waals surface area contributed by atoms with E-state index in [2.05, 4.69) is 5.32 Å². The number of hydrogen-bond acceptors (Lipinski definition) is 2. The second kappa shape index (κ2) is 2.67. The molecule has 0 saturated carbocycles. The Morgan fingerprint density at radius 2 is 2.33 bits per heavy atom. The van der Waals surface area contributed by atoms with Gasteiger partial charge in [0.15, 0.2) is 0 Å². The van der Waals surface area contributed by atoms with Crippen molar-refractivity contribution in [1.82, 2.24) is 5.32 Å². The third-order valence-corrected chi connectivity index (χ3v) is 0.543. The molecule has 0 fully saturated rings. The fraction of sp³-hybridized carbons (Fsp3) is 0.500. The van der Waals surface area contributed by atoms with Crippen molar-refractivity contribution in [3.8, 4) is 6.07 Å². The van der Waals surface area contributed by atoms with Crippen LogP contribution in [0.1, 0.15) is 6.92 Å². The summed E-state index contributed by atoms with van der Waals surface area (Å²) in [5.41, 5.74) is 0. The van der Waals surface area contributed by atoms with Gasteiger partial charge in [-0.1, -0.05) is 0 Å². The Hall–Kier alpha value is -0.550. The largest absolute Gasteiger partial charge is 0.300 e. The fourth-order valence-electron chi connectivity index (χ4n) is 0.0559. The summed E-state index contributed by atoms with van der Waals surface area (Å²) in [5.74, 6) is 0. The number of rotatable bonds is 1. The van der Waals surface area contributed by atoms with Gasteiger partial charge in [-0.2, -0.15) is 5.26 Å². The Bertz CT molecular complexity index is 62.4. The smallest absolute Gasteiger partial charge is 0.135 e. The topological polar surface area (TPSA) is 35.8 Å². The average molecular weight is 83.1 g/mol. The first kappa shape index (κ1) is 5.45. The Labute approximate surface area is 37.8 Å². The van der Waals surface area contributed by atoms with Crippen molar-refractivity contribution in [2.75, 3.05) is 7.05 Å². The third kappa shape index (κ3) is 1.74. The number of nitrogens with one attached hydrogen (secondary N) is 1. The molecule has 0 saturated heterocycles. The zero-order valence-electron chi connectivity index (χ0n) is 3.95. The van der Waals surface area contributed by atoms with Crippen LogP contribution < -0.4 is 5.32 Å². The minimum atomic E-state index is 0.648. The highest BCUT2D eigenvalue weighted by Gasteiger charge is 1.88. The summed E-state index contributed by atoms with van der Waals surface area (Å²) in [6.07, 6.45) is 0. The minimum Gasteiger partial charge on any atom is -0.300 e. The molecule has 0 heterocycles. The molecule has 0 aromatic carbocycles. The molecule has 0 aromatic heterocycles. The van der Waals surface area contributed by atoms with Gasteiger partial charge in [0.25, 0.3) is 0 Å². The predicted octanol–water partition coefficient (Wildman–Crippen LogP) is 0.281. The number of nitriles is 1. The normalized spacial score (nSPS) is 8.33. The molecular weight excluding hydrogens is 76.1 g/mol. The van der Waals surface area contributed by atoms with Crippen LogP contribution >= 0.6 is 0 Å². The molecule has 0 rings (SSSR count). The van der Waals surface area contributed by atoms with E-state index in [-0.39, 0.29) is 0 Å². The zero-order chi connectivity index (χ0) is 4.99. The van der Waals surface area contributed by atoms with E-state index in [4.69, 9.17) is 5.26 Å². The zero-order valence-corrected chi connectivity index (χ0v) is 3.95. The molecule has 0 aliphatic rings. The summed E-state index contributed by atoms with van der Waals surface area (Å²) in [4.78, 5) is 0. The van der Waals surface area contributed by atoms with Crippen molar-refractivity contribution in [2.24, 2.45) is 0 Å². The molecule has 0 aliphatic carbocycles. The lowest BCUT2D eigenvalue weighted by Crippen LogP contribution is -2.08. The summed E-state index contributed by atoms with van der Waals surface area (Å²) < 4.78 is 0. The van der Waals surface area contributed by atoms with Gasteiger partial charge < -0.3 is 5.32 Å². The van der Waals surface area contributed by atoms with Gasteiger partial charge in [0, 0.05) is 0 Å². The molecule has 0 amide bonds. The van der Waals surface area contributed by atoms with Crippen molar-refractivity contribution < 1.29 is 0 Å². The van der Waals surface area contributed by atoms with Gasteiger partial charge >= 0.3 is 0 Å². The summed E-state index contributed by atoms with van der Waals surface area (Å²) in [5, 5.41) is 10.7. The SMILES string of the molecule is CN[C](C)C#N. The van der Waals surface area contributed by atoms with Crippen LogP contribution in [0.4, 0.5) is 0 Å². The first-order chi connectivity index (χ1) is 2.81. The maximum atomic E-state index is 7.99. The molecule has 0 atom stereocenters. The van der Waals surface area contributed by atoms with Gasteiger partial charge in [0.05, 0.1) is 6.07 Å². The maximum Gasteiger partial charge on any atom is 0.135 e. The Morgan fingerprint density at radius 1 is 1.83 bits per heavy atom. The quantitative estimate of drug-likeness (QED) is 0.494. The summed E-state index contributed by atoms with van der Waals surface area (Å²) >= 11 is 0. The van der Waals surface area contributed by atoms with E-state index in [1.165, 1.54) is 0 Å². The Balaban J connectivity index is 3.04. The first-order valence-electron chi connectivity index (χ1n) is 1.72. The minimum absolute atomic E-state index is 0.648. The van der Waals surface area contributed by atoms with E-state index in [0.29, 0.717) is 6.04 Å². The summed E-state index contributed by atoms with van der Waals surface area (Å²) in [6.45, 7) is 1.72. The van der Waals surface area contributed by atoms with Gasteiger partial charge in [-0.3, -0.25) is 0 Å². The van der Waals surface area contributed by atoms with Crippen LogP contribution in [-0.2, 0) is 0 Å². The molecule has 0 unspecified atom stereocenters. The van der Waals surface area contributed by atoms with E-state index >= 15 is 0 Å². The molecule has 2 nitrogen and oxygen atoms in total. The summed E-state index contributed by atoms with van der Waals surface area (Å²) in [7, 11) is 1.72. The summed E-state index contributed by atoms with van der Waals surface area (Å²) in [6, 6.07) is 2.57. The second-order valence-electron chi connectivity index (χ2n) is 0.987. The lowest BCUT2D eigenvalue weighted by Gasteiger charge is -1.90. The van der Waals surface area contributed by atoms with Crippen LogP contribution in [0.5, 0.6) is 0 Å². The molecule has 1 N–H and O–H groups in total. The molecule has 0 spiro atoms. The predicted molar refractivity (Wildman–Crippen MR) is 23.6 cm³/mol. The highest BCUT2D eigenvalue weighted by molar-refractivity contribution is 5.02. The van der Waals surface area contributed by atoms with Crippen molar-refractivity contribution >= 4 is 0 Å². The monoisotopic (exact) mass is 83.1 g/mol. The van der Waals surface area contributed by atoms with Gasteiger partial charge in [0.1, 0.15) is 6.04 Å². The van der Waals surface area contributed by atoms with Crippen LogP contribution in [0.2, 0.25) is 0 Å². The van der Waals surface area contributed by atoms with E-state index in [0.717, 1.165) is 0 Å². The highest BCUT2D eigenvalue weighted by atomic mass is 14.8. The van der Waals surface area contributed by atoms with Crippen LogP contribution in [0.25, 0.3) is 0 Å². The fourth-order valence-corrected chi connectivity index (χ4v) is 0.0559. The van der Waals surface area contributed by atoms with E-state index < -0.39 is 0 Å². The van der Waals surface area contributed by atoms with E-state index in [1.807, 2.05) is 6.07 Å².